The van der Waals surface area contributed by atoms with Gasteiger partial charge in [0.2, 0.25) is 0 Å². The van der Waals surface area contributed by atoms with E-state index in [2.05, 4.69) is 4.98 Å². The summed E-state index contributed by atoms with van der Waals surface area (Å²) in [5, 5.41) is 8.58. The van der Waals surface area contributed by atoms with Crippen LogP contribution in [0.1, 0.15) is 11.7 Å². The van der Waals surface area contributed by atoms with E-state index in [1.807, 2.05) is 0 Å². The highest BCUT2D eigenvalue weighted by Crippen LogP contribution is 2.09. The van der Waals surface area contributed by atoms with E-state index in [4.69, 9.17) is 10.8 Å². The largest absolute Gasteiger partial charge is 0.394 e. The molecule has 0 aliphatic heterocycles. The Balaban J connectivity index is 2.93. The molecular formula is C7H9FN2O. The fourth-order valence-corrected chi connectivity index (χ4v) is 0.757. The lowest BCUT2D eigenvalue weighted by Crippen LogP contribution is -2.17. The van der Waals surface area contributed by atoms with E-state index < -0.39 is 11.9 Å². The zero-order valence-corrected chi connectivity index (χ0v) is 5.87. The van der Waals surface area contributed by atoms with Crippen molar-refractivity contribution >= 4 is 0 Å². The van der Waals surface area contributed by atoms with Crippen LogP contribution >= 0.6 is 0 Å². The summed E-state index contributed by atoms with van der Waals surface area (Å²) < 4.78 is 12.8. The monoisotopic (exact) mass is 156 g/mol. The molecule has 60 valence electrons. The number of nitrogens with two attached hydrogens (primary N) is 1. The van der Waals surface area contributed by atoms with Gasteiger partial charge in [0, 0.05) is 6.20 Å². The lowest BCUT2D eigenvalue weighted by atomic mass is 10.2. The van der Waals surface area contributed by atoms with Crippen molar-refractivity contribution in [2.24, 2.45) is 5.73 Å². The molecule has 0 bridgehead atoms. The molecule has 0 radical (unpaired) electrons. The Hall–Kier alpha value is -1.00. The second-order valence-corrected chi connectivity index (χ2v) is 2.16. The van der Waals surface area contributed by atoms with Crippen molar-refractivity contribution < 1.29 is 9.50 Å². The zero-order chi connectivity index (χ0) is 8.27. The van der Waals surface area contributed by atoms with E-state index in [-0.39, 0.29) is 12.3 Å². The van der Waals surface area contributed by atoms with Gasteiger partial charge in [-0.15, -0.1) is 0 Å². The number of aliphatic hydroxyl groups is 1. The standard InChI is InChI=1S/C7H9FN2O/c8-5-2-1-3-10-7(5)6(9)4-11/h1-3,6,11H,4,9H2. The van der Waals surface area contributed by atoms with E-state index in [9.17, 15) is 4.39 Å². The number of nitrogens with zero attached hydrogens (tertiary/aromatic N) is 1. The average Bonchev–Trinajstić information content (AvgIpc) is 2.04. The normalized spacial score (nSPS) is 13.0. The zero-order valence-electron chi connectivity index (χ0n) is 5.87. The number of hydrogen-bond acceptors (Lipinski definition) is 3. The van der Waals surface area contributed by atoms with Gasteiger partial charge in [0.25, 0.3) is 0 Å². The molecule has 1 rings (SSSR count). The molecule has 3 N–H and O–H groups in total. The molecule has 0 fully saturated rings. The van der Waals surface area contributed by atoms with Crippen LogP contribution in [0.25, 0.3) is 0 Å². The number of rotatable bonds is 2. The van der Waals surface area contributed by atoms with Crippen LogP contribution < -0.4 is 5.73 Å². The molecular weight excluding hydrogens is 147 g/mol. The number of halogens is 1. The summed E-state index contributed by atoms with van der Waals surface area (Å²) in [4.78, 5) is 3.69. The first kappa shape index (κ1) is 8.10. The molecule has 1 atom stereocenters. The molecule has 0 aliphatic carbocycles. The Morgan fingerprint density at radius 2 is 2.45 bits per heavy atom. The summed E-state index contributed by atoms with van der Waals surface area (Å²) in [6.07, 6.45) is 1.44. The van der Waals surface area contributed by atoms with Gasteiger partial charge in [0.15, 0.2) is 0 Å². The quantitative estimate of drug-likeness (QED) is 0.643. The maximum absolute atomic E-state index is 12.8. The Morgan fingerprint density at radius 3 is 3.00 bits per heavy atom. The second-order valence-electron chi connectivity index (χ2n) is 2.16. The maximum Gasteiger partial charge on any atom is 0.146 e. The van der Waals surface area contributed by atoms with Crippen LogP contribution in [0.15, 0.2) is 18.3 Å². The fraction of sp³-hybridized carbons (Fsp3) is 0.286. The highest BCUT2D eigenvalue weighted by molar-refractivity contribution is 5.10. The van der Waals surface area contributed by atoms with Gasteiger partial charge >= 0.3 is 0 Å². The highest BCUT2D eigenvalue weighted by atomic mass is 19.1. The van der Waals surface area contributed by atoms with Crippen LogP contribution in [0.3, 0.4) is 0 Å². The number of hydrogen-bond donors (Lipinski definition) is 2. The molecule has 0 spiro atoms. The van der Waals surface area contributed by atoms with Crippen LogP contribution in [0, 0.1) is 5.82 Å². The molecule has 0 aliphatic rings. The van der Waals surface area contributed by atoms with Gasteiger partial charge in [-0.3, -0.25) is 4.98 Å². The molecule has 3 nitrogen and oxygen atoms in total. The van der Waals surface area contributed by atoms with Gasteiger partial charge in [-0.2, -0.15) is 0 Å². The third kappa shape index (κ3) is 1.72. The van der Waals surface area contributed by atoms with Crippen LogP contribution in [-0.2, 0) is 0 Å². The van der Waals surface area contributed by atoms with Gasteiger partial charge in [-0.1, -0.05) is 0 Å². The van der Waals surface area contributed by atoms with E-state index in [0.29, 0.717) is 0 Å². The summed E-state index contributed by atoms with van der Waals surface area (Å²) in [5.74, 6) is -0.478. The van der Waals surface area contributed by atoms with Gasteiger partial charge < -0.3 is 10.8 Å². The van der Waals surface area contributed by atoms with E-state index in [1.165, 1.54) is 18.3 Å². The molecule has 0 saturated heterocycles. The van der Waals surface area contributed by atoms with Gasteiger partial charge in [-0.05, 0) is 12.1 Å². The summed E-state index contributed by atoms with van der Waals surface area (Å²) in [7, 11) is 0. The van der Waals surface area contributed by atoms with Crippen molar-refractivity contribution in [2.75, 3.05) is 6.61 Å². The Morgan fingerprint density at radius 1 is 1.73 bits per heavy atom. The van der Waals surface area contributed by atoms with Crippen molar-refractivity contribution in [1.29, 1.82) is 0 Å². The number of aliphatic hydroxyl groups excluding tert-OH is 1. The Bertz CT molecular complexity index is 242. The molecule has 1 heterocycles. The minimum atomic E-state index is -0.726. The molecule has 1 unspecified atom stereocenters. The Labute approximate surface area is 63.7 Å². The molecule has 0 saturated carbocycles. The summed E-state index contributed by atoms with van der Waals surface area (Å²) in [5.41, 5.74) is 5.45. The van der Waals surface area contributed by atoms with Crippen LogP contribution in [-0.4, -0.2) is 16.7 Å². The third-order valence-electron chi connectivity index (χ3n) is 1.33. The first-order chi connectivity index (χ1) is 5.25. The Kier molecular flexibility index (Phi) is 2.51. The highest BCUT2D eigenvalue weighted by Gasteiger charge is 2.09. The lowest BCUT2D eigenvalue weighted by Gasteiger charge is -2.06. The van der Waals surface area contributed by atoms with Crippen molar-refractivity contribution in [3.05, 3.63) is 29.8 Å². The summed E-state index contributed by atoms with van der Waals surface area (Å²) in [6, 6.07) is 2.01. The van der Waals surface area contributed by atoms with Crippen LogP contribution in [0.2, 0.25) is 0 Å². The van der Waals surface area contributed by atoms with Crippen molar-refractivity contribution in [3.8, 4) is 0 Å². The molecule has 1 aromatic heterocycles. The third-order valence-corrected chi connectivity index (χ3v) is 1.33. The predicted octanol–water partition coefficient (Wildman–Crippen LogP) is 0.213. The van der Waals surface area contributed by atoms with E-state index >= 15 is 0 Å². The SMILES string of the molecule is NC(CO)c1ncccc1F. The first-order valence-corrected chi connectivity index (χ1v) is 3.22. The summed E-state index contributed by atoms with van der Waals surface area (Å²) >= 11 is 0. The van der Waals surface area contributed by atoms with E-state index in [1.54, 1.807) is 0 Å². The fourth-order valence-electron chi connectivity index (χ4n) is 0.757. The topological polar surface area (TPSA) is 59.1 Å². The van der Waals surface area contributed by atoms with Crippen LogP contribution in [0.4, 0.5) is 4.39 Å². The predicted molar refractivity (Wildman–Crippen MR) is 38.2 cm³/mol. The van der Waals surface area contributed by atoms with E-state index in [0.717, 1.165) is 0 Å². The van der Waals surface area contributed by atoms with Crippen molar-refractivity contribution in [3.63, 3.8) is 0 Å². The van der Waals surface area contributed by atoms with Crippen molar-refractivity contribution in [1.82, 2.24) is 4.98 Å². The lowest BCUT2D eigenvalue weighted by molar-refractivity contribution is 0.263. The van der Waals surface area contributed by atoms with Crippen LogP contribution in [0.5, 0.6) is 0 Å². The average molecular weight is 156 g/mol. The second kappa shape index (κ2) is 3.41. The first-order valence-electron chi connectivity index (χ1n) is 3.22. The smallest absolute Gasteiger partial charge is 0.146 e. The number of pyridine rings is 1. The molecule has 0 aromatic carbocycles. The molecule has 4 heteroatoms. The minimum absolute atomic E-state index is 0.106. The minimum Gasteiger partial charge on any atom is -0.394 e. The van der Waals surface area contributed by atoms with Crippen molar-refractivity contribution in [2.45, 2.75) is 6.04 Å². The molecule has 1 aromatic rings. The maximum atomic E-state index is 12.8. The van der Waals surface area contributed by atoms with Gasteiger partial charge in [-0.25, -0.2) is 4.39 Å². The molecule has 0 amide bonds. The van der Waals surface area contributed by atoms with Gasteiger partial charge in [0.1, 0.15) is 5.82 Å². The summed E-state index contributed by atoms with van der Waals surface area (Å²) in [6.45, 7) is -0.298. The molecule has 11 heavy (non-hydrogen) atoms. The van der Waals surface area contributed by atoms with Gasteiger partial charge in [0.05, 0.1) is 18.3 Å². The number of aromatic nitrogens is 1.